The van der Waals surface area contributed by atoms with Crippen molar-refractivity contribution in [3.8, 4) is 40.6 Å². The molecule has 0 saturated carbocycles. The van der Waals surface area contributed by atoms with E-state index in [4.69, 9.17) is 8.83 Å². The molecule has 3 heteroatoms. The average molecular weight is 551 g/mol. The summed E-state index contributed by atoms with van der Waals surface area (Å²) in [5.74, 6) is 13.3. The zero-order valence-corrected chi connectivity index (χ0v) is 22.9. The molecule has 0 bridgehead atoms. The van der Waals surface area contributed by atoms with Gasteiger partial charge in [0.05, 0.1) is 5.56 Å². The Kier molecular flexibility index (Phi) is 5.75. The molecule has 0 aliphatic heterocycles. The normalized spacial score (nSPS) is 11.0. The Morgan fingerprint density at radius 3 is 1.88 bits per heavy atom. The number of benzene rings is 6. The maximum absolute atomic E-state index is 10.7. The second-order valence-electron chi connectivity index (χ2n) is 10.4. The lowest BCUT2D eigenvalue weighted by Crippen LogP contribution is -1.84. The van der Waals surface area contributed by atoms with Crippen LogP contribution in [0.3, 0.4) is 0 Å². The quantitative estimate of drug-likeness (QED) is 0.207. The number of para-hydroxylation sites is 3. The van der Waals surface area contributed by atoms with Crippen molar-refractivity contribution in [1.29, 1.82) is 0 Å². The summed E-state index contributed by atoms with van der Waals surface area (Å²) in [6, 6.07) is 41.4. The maximum atomic E-state index is 10.7. The Morgan fingerprint density at radius 1 is 0.442 bits per heavy atom. The number of furan rings is 2. The van der Waals surface area contributed by atoms with Gasteiger partial charge in [0.25, 0.3) is 0 Å². The Balaban J connectivity index is 1.07. The van der Waals surface area contributed by atoms with Crippen molar-refractivity contribution in [2.24, 2.45) is 0 Å². The second kappa shape index (κ2) is 10.0. The van der Waals surface area contributed by atoms with Gasteiger partial charge in [0.1, 0.15) is 22.5 Å². The van der Waals surface area contributed by atoms with Crippen LogP contribution >= 0.6 is 0 Å². The highest BCUT2D eigenvalue weighted by atomic mass is 16.3. The molecule has 6 aromatic carbocycles. The molecule has 0 aliphatic carbocycles. The van der Waals surface area contributed by atoms with E-state index >= 15 is 0 Å². The van der Waals surface area contributed by atoms with Crippen molar-refractivity contribution in [2.75, 3.05) is 0 Å². The summed E-state index contributed by atoms with van der Waals surface area (Å²) in [6.07, 6.45) is 0. The molecule has 8 rings (SSSR count). The topological polar surface area (TPSA) is 46.5 Å². The monoisotopic (exact) mass is 550 g/mol. The molecule has 0 unspecified atom stereocenters. The Morgan fingerprint density at radius 2 is 1.05 bits per heavy atom. The van der Waals surface area contributed by atoms with E-state index in [0.29, 0.717) is 5.56 Å². The molecule has 0 fully saturated rings. The van der Waals surface area contributed by atoms with Crippen molar-refractivity contribution in [3.05, 3.63) is 150 Å². The van der Waals surface area contributed by atoms with Gasteiger partial charge in [-0.25, -0.2) is 0 Å². The fraction of sp³-hybridized carbons (Fsp3) is 0. The van der Waals surface area contributed by atoms with Gasteiger partial charge in [-0.2, -0.15) is 0 Å². The molecular weight excluding hydrogens is 528 g/mol. The van der Waals surface area contributed by atoms with Gasteiger partial charge in [-0.05, 0) is 72.3 Å². The number of phenols is 1. The van der Waals surface area contributed by atoms with Crippen LogP contribution in [0.2, 0.25) is 0 Å². The van der Waals surface area contributed by atoms with Crippen LogP contribution in [0.15, 0.2) is 136 Å². The molecule has 2 aromatic heterocycles. The largest absolute Gasteiger partial charge is 0.507 e. The predicted octanol–water partition coefficient (Wildman–Crippen LogP) is 9.66. The minimum Gasteiger partial charge on any atom is -0.507 e. The molecule has 43 heavy (non-hydrogen) atoms. The van der Waals surface area contributed by atoms with Crippen molar-refractivity contribution < 1.29 is 13.9 Å². The summed E-state index contributed by atoms with van der Waals surface area (Å²) in [6.45, 7) is 0. The number of hydrogen-bond acceptors (Lipinski definition) is 3. The summed E-state index contributed by atoms with van der Waals surface area (Å²) >= 11 is 0. The molecule has 0 aliphatic rings. The van der Waals surface area contributed by atoms with E-state index in [1.807, 2.05) is 97.1 Å². The predicted molar refractivity (Wildman–Crippen MR) is 173 cm³/mol. The number of phenolic OH excluding ortho intramolecular Hbond substituents is 1. The van der Waals surface area contributed by atoms with Crippen molar-refractivity contribution in [1.82, 2.24) is 0 Å². The van der Waals surface area contributed by atoms with Gasteiger partial charge >= 0.3 is 0 Å². The van der Waals surface area contributed by atoms with Crippen LogP contribution in [0.4, 0.5) is 0 Å². The van der Waals surface area contributed by atoms with Gasteiger partial charge in [-0.3, -0.25) is 0 Å². The van der Waals surface area contributed by atoms with Crippen LogP contribution in [0, 0.1) is 23.7 Å². The minimum atomic E-state index is 0.199. The standard InChI is InChI=1S/C40H22O3/c41-36-22-17-28(16-21-30-6-5-9-33-31-7-1-4-11-38(31)43-40(30)33)24-34(36)29-19-14-26(15-20-29)12-13-27-18-23-39-35(25-27)32-8-2-3-10-37(32)42-39/h1-11,14-15,17-20,22-25,41H. The first-order valence-electron chi connectivity index (χ1n) is 14.0. The zero-order chi connectivity index (χ0) is 28.8. The van der Waals surface area contributed by atoms with Crippen LogP contribution in [0.5, 0.6) is 5.75 Å². The third kappa shape index (κ3) is 4.47. The zero-order valence-electron chi connectivity index (χ0n) is 22.9. The molecule has 2 heterocycles. The fourth-order valence-electron chi connectivity index (χ4n) is 5.51. The molecule has 0 saturated heterocycles. The molecular formula is C40H22O3. The Bertz CT molecular complexity index is 2470. The SMILES string of the molecule is Oc1ccc(C#Cc2cccc3c2oc2ccccc23)cc1-c1ccc(C#Cc2ccc3oc4ccccc4c3c2)cc1. The molecule has 8 aromatic rings. The number of aromatic hydroxyl groups is 1. The molecule has 0 spiro atoms. The average Bonchev–Trinajstić information content (AvgIpc) is 3.62. The highest BCUT2D eigenvalue weighted by Gasteiger charge is 2.10. The molecule has 0 amide bonds. The van der Waals surface area contributed by atoms with Crippen LogP contribution in [0.1, 0.15) is 22.3 Å². The molecule has 1 N–H and O–H groups in total. The Labute approximate surface area is 247 Å². The summed E-state index contributed by atoms with van der Waals surface area (Å²) in [5.41, 5.74) is 8.39. The second-order valence-corrected chi connectivity index (χ2v) is 10.4. The van der Waals surface area contributed by atoms with E-state index in [-0.39, 0.29) is 5.75 Å². The highest BCUT2D eigenvalue weighted by molar-refractivity contribution is 6.07. The molecule has 0 radical (unpaired) electrons. The number of hydrogen-bond donors (Lipinski definition) is 1. The lowest BCUT2D eigenvalue weighted by molar-refractivity contribution is 0.477. The van der Waals surface area contributed by atoms with Gasteiger partial charge in [0.2, 0.25) is 0 Å². The van der Waals surface area contributed by atoms with Gasteiger partial charge in [-0.1, -0.05) is 84.3 Å². The van der Waals surface area contributed by atoms with Crippen LogP contribution in [-0.4, -0.2) is 5.11 Å². The van der Waals surface area contributed by atoms with E-state index in [9.17, 15) is 5.11 Å². The summed E-state index contributed by atoms with van der Waals surface area (Å²) < 4.78 is 12.0. The maximum Gasteiger partial charge on any atom is 0.151 e. The Hall–Kier alpha value is -6.16. The van der Waals surface area contributed by atoms with Gasteiger partial charge in [0.15, 0.2) is 5.58 Å². The van der Waals surface area contributed by atoms with Crippen LogP contribution < -0.4 is 0 Å². The fourth-order valence-corrected chi connectivity index (χ4v) is 5.51. The first kappa shape index (κ1) is 24.6. The van der Waals surface area contributed by atoms with E-state index in [1.54, 1.807) is 6.07 Å². The van der Waals surface area contributed by atoms with E-state index in [1.165, 1.54) is 0 Å². The molecule has 3 nitrogen and oxygen atoms in total. The minimum absolute atomic E-state index is 0.199. The lowest BCUT2D eigenvalue weighted by atomic mass is 10.0. The van der Waals surface area contributed by atoms with E-state index in [0.717, 1.165) is 71.7 Å². The number of fused-ring (bicyclic) bond motifs is 6. The highest BCUT2D eigenvalue weighted by Crippen LogP contribution is 2.32. The van der Waals surface area contributed by atoms with E-state index in [2.05, 4.69) is 47.9 Å². The third-order valence-corrected chi connectivity index (χ3v) is 7.67. The van der Waals surface area contributed by atoms with Crippen LogP contribution in [-0.2, 0) is 0 Å². The lowest BCUT2D eigenvalue weighted by Gasteiger charge is -2.06. The van der Waals surface area contributed by atoms with Crippen LogP contribution in [0.25, 0.3) is 55.0 Å². The third-order valence-electron chi connectivity index (χ3n) is 7.67. The van der Waals surface area contributed by atoms with Crippen molar-refractivity contribution in [3.63, 3.8) is 0 Å². The first-order chi connectivity index (χ1) is 21.2. The van der Waals surface area contributed by atoms with E-state index < -0.39 is 0 Å². The molecule has 200 valence electrons. The van der Waals surface area contributed by atoms with Gasteiger partial charge in [-0.15, -0.1) is 0 Å². The molecule has 0 atom stereocenters. The van der Waals surface area contributed by atoms with Crippen molar-refractivity contribution >= 4 is 43.9 Å². The summed E-state index contributed by atoms with van der Waals surface area (Å²) in [7, 11) is 0. The smallest absolute Gasteiger partial charge is 0.151 e. The first-order valence-corrected chi connectivity index (χ1v) is 14.0. The van der Waals surface area contributed by atoms with Gasteiger partial charge in [0, 0.05) is 43.8 Å². The van der Waals surface area contributed by atoms with Crippen molar-refractivity contribution in [2.45, 2.75) is 0 Å². The van der Waals surface area contributed by atoms with Gasteiger partial charge < -0.3 is 13.9 Å². The summed E-state index contributed by atoms with van der Waals surface area (Å²) in [4.78, 5) is 0. The summed E-state index contributed by atoms with van der Waals surface area (Å²) in [5, 5.41) is 14.9. The number of rotatable bonds is 1.